The Labute approximate surface area is 154 Å². The fourth-order valence-electron chi connectivity index (χ4n) is 3.33. The Bertz CT molecular complexity index is 765. The van der Waals surface area contributed by atoms with Crippen LogP contribution in [0.15, 0.2) is 18.2 Å². The molecule has 0 fully saturated rings. The average molecular weight is 361 g/mol. The van der Waals surface area contributed by atoms with Crippen LogP contribution in [0.5, 0.6) is 5.75 Å². The molecule has 6 heteroatoms. The van der Waals surface area contributed by atoms with Gasteiger partial charge < -0.3 is 15.0 Å². The molecule has 0 saturated heterocycles. The van der Waals surface area contributed by atoms with E-state index >= 15 is 0 Å². The Morgan fingerprint density at radius 1 is 1.32 bits per heavy atom. The van der Waals surface area contributed by atoms with Crippen molar-refractivity contribution < 1.29 is 4.74 Å². The van der Waals surface area contributed by atoms with Gasteiger partial charge in [-0.3, -0.25) is 0 Å². The van der Waals surface area contributed by atoms with Gasteiger partial charge in [0, 0.05) is 24.7 Å². The quantitative estimate of drug-likeness (QED) is 0.806. The summed E-state index contributed by atoms with van der Waals surface area (Å²) < 4.78 is 5.33. The van der Waals surface area contributed by atoms with Gasteiger partial charge in [-0.2, -0.15) is 0 Å². The number of anilines is 3. The highest BCUT2D eigenvalue weighted by atomic mass is 35.5. The SMILES string of the molecule is CCCC(C)Nc1cc(N2CCc3cc(OC)cc(Cl)c32)nc(C)n1. The molecule has 1 aliphatic heterocycles. The summed E-state index contributed by atoms with van der Waals surface area (Å²) in [7, 11) is 1.66. The maximum absolute atomic E-state index is 6.52. The number of aromatic nitrogens is 2. The maximum Gasteiger partial charge on any atom is 0.138 e. The first-order valence-electron chi connectivity index (χ1n) is 8.78. The Kier molecular flexibility index (Phi) is 5.33. The van der Waals surface area contributed by atoms with Gasteiger partial charge in [0.1, 0.15) is 23.2 Å². The summed E-state index contributed by atoms with van der Waals surface area (Å²) in [6, 6.07) is 6.30. The van der Waals surface area contributed by atoms with E-state index in [1.807, 2.05) is 19.1 Å². The molecule has 1 N–H and O–H groups in total. The lowest BCUT2D eigenvalue weighted by Crippen LogP contribution is -2.19. The highest BCUT2D eigenvalue weighted by Crippen LogP contribution is 2.42. The van der Waals surface area contributed by atoms with Gasteiger partial charge in [-0.25, -0.2) is 9.97 Å². The fraction of sp³-hybridized carbons (Fsp3) is 0.474. The normalized spacial score (nSPS) is 14.4. The van der Waals surface area contributed by atoms with Crippen LogP contribution in [0.25, 0.3) is 0 Å². The second kappa shape index (κ2) is 7.48. The van der Waals surface area contributed by atoms with Gasteiger partial charge in [0.2, 0.25) is 0 Å². The predicted octanol–water partition coefficient (Wildman–Crippen LogP) is 4.74. The first-order chi connectivity index (χ1) is 12.0. The molecule has 134 valence electrons. The highest BCUT2D eigenvalue weighted by Gasteiger charge is 2.26. The van der Waals surface area contributed by atoms with E-state index in [0.717, 1.165) is 54.7 Å². The van der Waals surface area contributed by atoms with Crippen molar-refractivity contribution in [2.75, 3.05) is 23.9 Å². The fourth-order valence-corrected chi connectivity index (χ4v) is 3.66. The molecule has 0 radical (unpaired) electrons. The topological polar surface area (TPSA) is 50.3 Å². The van der Waals surface area contributed by atoms with E-state index in [4.69, 9.17) is 16.3 Å². The van der Waals surface area contributed by atoms with Crippen molar-refractivity contribution in [1.82, 2.24) is 9.97 Å². The molecule has 1 aromatic carbocycles. The molecule has 2 aromatic rings. The Balaban J connectivity index is 1.93. The second-order valence-corrected chi connectivity index (χ2v) is 6.92. The van der Waals surface area contributed by atoms with Crippen molar-refractivity contribution in [3.63, 3.8) is 0 Å². The summed E-state index contributed by atoms with van der Waals surface area (Å²) >= 11 is 6.52. The highest BCUT2D eigenvalue weighted by molar-refractivity contribution is 6.33. The largest absolute Gasteiger partial charge is 0.497 e. The lowest BCUT2D eigenvalue weighted by atomic mass is 10.1. The zero-order valence-corrected chi connectivity index (χ0v) is 16.0. The molecular formula is C19H25ClN4O. The summed E-state index contributed by atoms with van der Waals surface area (Å²) in [6.45, 7) is 7.13. The molecule has 0 aliphatic carbocycles. The summed E-state index contributed by atoms with van der Waals surface area (Å²) in [5.74, 6) is 3.29. The molecule has 5 nitrogen and oxygen atoms in total. The Morgan fingerprint density at radius 3 is 2.84 bits per heavy atom. The van der Waals surface area contributed by atoms with Crippen LogP contribution >= 0.6 is 11.6 Å². The van der Waals surface area contributed by atoms with Crippen LogP contribution in [0.4, 0.5) is 17.3 Å². The van der Waals surface area contributed by atoms with Crippen molar-refractivity contribution in [3.05, 3.63) is 34.6 Å². The number of hydrogen-bond donors (Lipinski definition) is 1. The van der Waals surface area contributed by atoms with E-state index in [-0.39, 0.29) is 0 Å². The molecule has 25 heavy (non-hydrogen) atoms. The molecule has 0 saturated carbocycles. The van der Waals surface area contributed by atoms with E-state index in [1.54, 1.807) is 7.11 Å². The zero-order chi connectivity index (χ0) is 18.0. The first kappa shape index (κ1) is 17.8. The molecule has 1 atom stereocenters. The molecule has 1 aliphatic rings. The number of nitrogens with zero attached hydrogens (tertiary/aromatic N) is 3. The molecular weight excluding hydrogens is 336 g/mol. The van der Waals surface area contributed by atoms with E-state index in [2.05, 4.69) is 40.1 Å². The number of halogens is 1. The Morgan fingerprint density at radius 2 is 2.12 bits per heavy atom. The summed E-state index contributed by atoms with van der Waals surface area (Å²) in [6.07, 6.45) is 3.17. The lowest BCUT2D eigenvalue weighted by Gasteiger charge is -2.22. The second-order valence-electron chi connectivity index (χ2n) is 6.51. The number of benzene rings is 1. The third-order valence-corrected chi connectivity index (χ3v) is 4.73. The van der Waals surface area contributed by atoms with Crippen molar-refractivity contribution in [3.8, 4) is 5.75 Å². The lowest BCUT2D eigenvalue weighted by molar-refractivity contribution is 0.414. The molecule has 2 heterocycles. The van der Waals surface area contributed by atoms with Crippen LogP contribution in [-0.2, 0) is 6.42 Å². The number of fused-ring (bicyclic) bond motifs is 1. The minimum absolute atomic E-state index is 0.380. The number of hydrogen-bond acceptors (Lipinski definition) is 5. The maximum atomic E-state index is 6.52. The average Bonchev–Trinajstić information content (AvgIpc) is 2.99. The van der Waals surface area contributed by atoms with E-state index < -0.39 is 0 Å². The van der Waals surface area contributed by atoms with Gasteiger partial charge in [-0.05, 0) is 38.3 Å². The molecule has 0 amide bonds. The van der Waals surface area contributed by atoms with E-state index in [1.165, 1.54) is 5.56 Å². The smallest absolute Gasteiger partial charge is 0.138 e. The zero-order valence-electron chi connectivity index (χ0n) is 15.3. The Hall–Kier alpha value is -2.01. The van der Waals surface area contributed by atoms with Crippen LogP contribution in [0.2, 0.25) is 5.02 Å². The number of methoxy groups -OCH3 is 1. The van der Waals surface area contributed by atoms with Gasteiger partial charge in [0.25, 0.3) is 0 Å². The summed E-state index contributed by atoms with van der Waals surface area (Å²) in [5, 5.41) is 4.17. The number of aryl methyl sites for hydroxylation is 1. The van der Waals surface area contributed by atoms with Gasteiger partial charge in [0.05, 0.1) is 17.8 Å². The minimum atomic E-state index is 0.380. The van der Waals surface area contributed by atoms with Crippen molar-refractivity contribution >= 4 is 28.9 Å². The van der Waals surface area contributed by atoms with Crippen molar-refractivity contribution in [1.29, 1.82) is 0 Å². The van der Waals surface area contributed by atoms with Crippen LogP contribution in [-0.4, -0.2) is 29.7 Å². The first-order valence-corrected chi connectivity index (χ1v) is 9.15. The van der Waals surface area contributed by atoms with Gasteiger partial charge in [-0.15, -0.1) is 0 Å². The summed E-state index contributed by atoms with van der Waals surface area (Å²) in [4.78, 5) is 11.3. The molecule has 0 spiro atoms. The third-order valence-electron chi connectivity index (χ3n) is 4.44. The summed E-state index contributed by atoms with van der Waals surface area (Å²) in [5.41, 5.74) is 2.21. The molecule has 3 rings (SSSR count). The van der Waals surface area contributed by atoms with Gasteiger partial charge >= 0.3 is 0 Å². The number of nitrogens with one attached hydrogen (secondary N) is 1. The van der Waals surface area contributed by atoms with Crippen molar-refractivity contribution in [2.24, 2.45) is 0 Å². The molecule has 1 aromatic heterocycles. The number of rotatable bonds is 6. The molecule has 1 unspecified atom stereocenters. The molecule has 0 bridgehead atoms. The van der Waals surface area contributed by atoms with E-state index in [9.17, 15) is 0 Å². The minimum Gasteiger partial charge on any atom is -0.497 e. The monoisotopic (exact) mass is 360 g/mol. The predicted molar refractivity (Wildman–Crippen MR) is 103 cm³/mol. The van der Waals surface area contributed by atoms with Crippen LogP contribution < -0.4 is 15.0 Å². The van der Waals surface area contributed by atoms with E-state index in [0.29, 0.717) is 11.1 Å². The number of ether oxygens (including phenoxy) is 1. The van der Waals surface area contributed by atoms with Gasteiger partial charge in [-0.1, -0.05) is 24.9 Å². The van der Waals surface area contributed by atoms with Crippen LogP contribution in [0, 0.1) is 6.92 Å². The van der Waals surface area contributed by atoms with Crippen LogP contribution in [0.3, 0.4) is 0 Å². The third kappa shape index (κ3) is 3.82. The van der Waals surface area contributed by atoms with Crippen molar-refractivity contribution in [2.45, 2.75) is 46.1 Å². The van der Waals surface area contributed by atoms with Gasteiger partial charge in [0.15, 0.2) is 0 Å². The standard InChI is InChI=1S/C19H25ClN4O/c1-5-6-12(2)21-17-11-18(23-13(3)22-17)24-8-7-14-9-15(25-4)10-16(20)19(14)24/h9-12H,5-8H2,1-4H3,(H,21,22,23). The van der Waals surface area contributed by atoms with Crippen LogP contribution in [0.1, 0.15) is 38.1 Å².